The minimum absolute atomic E-state index is 0.218. The van der Waals surface area contributed by atoms with Gasteiger partial charge in [0, 0.05) is 28.4 Å². The summed E-state index contributed by atoms with van der Waals surface area (Å²) in [7, 11) is 3.33. The average molecular weight is 647 g/mol. The molecule has 2 amide bonds. The van der Waals surface area contributed by atoms with Gasteiger partial charge >= 0.3 is 0 Å². The van der Waals surface area contributed by atoms with E-state index in [2.05, 4.69) is 70.5 Å². The number of rotatable bonds is 10. The zero-order valence-electron chi connectivity index (χ0n) is 24.7. The minimum atomic E-state index is -0.218. The van der Waals surface area contributed by atoms with Gasteiger partial charge in [0.2, 0.25) is 0 Å². The van der Waals surface area contributed by atoms with Crippen LogP contribution in [-0.4, -0.2) is 42.8 Å². The summed E-state index contributed by atoms with van der Waals surface area (Å²) in [5.41, 5.74) is 7.42. The van der Waals surface area contributed by atoms with Crippen LogP contribution in [0.5, 0.6) is 11.5 Å². The fourth-order valence-corrected chi connectivity index (χ4v) is 6.16. The van der Waals surface area contributed by atoms with Crippen LogP contribution in [0.1, 0.15) is 50.2 Å². The van der Waals surface area contributed by atoms with Crippen molar-refractivity contribution in [3.63, 3.8) is 0 Å². The van der Waals surface area contributed by atoms with E-state index in [0.29, 0.717) is 17.7 Å². The van der Waals surface area contributed by atoms with Crippen LogP contribution >= 0.6 is 15.9 Å². The number of alkyl halides is 1. The van der Waals surface area contributed by atoms with E-state index >= 15 is 0 Å². The number of ether oxygens (including phenoxy) is 2. The van der Waals surface area contributed by atoms with Gasteiger partial charge in [-0.15, -0.1) is 0 Å². The van der Waals surface area contributed by atoms with E-state index in [1.165, 1.54) is 4.90 Å². The molecule has 1 aliphatic heterocycles. The lowest BCUT2D eigenvalue weighted by Crippen LogP contribution is -2.40. The maximum atomic E-state index is 13.4. The molecule has 0 aromatic heterocycles. The summed E-state index contributed by atoms with van der Waals surface area (Å²) in [5.74, 6) is 1.17. The van der Waals surface area contributed by atoms with Gasteiger partial charge in [-0.1, -0.05) is 82.7 Å². The number of imide groups is 1. The third-order valence-electron chi connectivity index (χ3n) is 8.09. The normalized spacial score (nSPS) is 12.4. The lowest BCUT2D eigenvalue weighted by atomic mass is 9.88. The predicted molar refractivity (Wildman–Crippen MR) is 181 cm³/mol. The van der Waals surface area contributed by atoms with E-state index in [-0.39, 0.29) is 11.8 Å². The molecule has 0 unspecified atom stereocenters. The highest BCUT2D eigenvalue weighted by Gasteiger charge is 2.32. The largest absolute Gasteiger partial charge is 0.497 e. The fraction of sp³-hybridized carbons (Fsp3) is 0.158. The summed E-state index contributed by atoms with van der Waals surface area (Å²) in [6.45, 7) is 0.421. The molecule has 5 aromatic carbocycles. The van der Waals surface area contributed by atoms with Gasteiger partial charge in [0.25, 0.3) is 11.8 Å². The molecule has 5 nitrogen and oxygen atoms in total. The number of benzene rings is 5. The first-order valence-corrected chi connectivity index (χ1v) is 15.7. The van der Waals surface area contributed by atoms with Crippen LogP contribution in [0.3, 0.4) is 0 Å². The van der Waals surface area contributed by atoms with Crippen molar-refractivity contribution >= 4 is 50.2 Å². The molecule has 0 aliphatic carbocycles. The Morgan fingerprint density at radius 3 is 1.82 bits per heavy atom. The molecule has 44 heavy (non-hydrogen) atoms. The summed E-state index contributed by atoms with van der Waals surface area (Å²) >= 11 is 3.43. The van der Waals surface area contributed by atoms with Crippen LogP contribution in [0, 0.1) is 0 Å². The summed E-state index contributed by atoms with van der Waals surface area (Å²) in [6.07, 6.45) is 3.85. The molecule has 0 fully saturated rings. The molecule has 0 saturated carbocycles. The van der Waals surface area contributed by atoms with Crippen LogP contribution in [0.25, 0.3) is 33.5 Å². The number of carbonyl (C=O) groups excluding carboxylic acids is 2. The SMILES string of the molecule is COc1ccc(C(=Cc2ccc(-c3ccc4c5c(cccc35)C(=O)N(CCCCBr)C4=O)cc2)c2ccc(OC)cc2)cc1. The van der Waals surface area contributed by atoms with Crippen LogP contribution in [-0.2, 0) is 0 Å². The van der Waals surface area contributed by atoms with Gasteiger partial charge in [-0.3, -0.25) is 14.5 Å². The first kappa shape index (κ1) is 29.4. The Morgan fingerprint density at radius 2 is 1.25 bits per heavy atom. The lowest BCUT2D eigenvalue weighted by molar-refractivity contribution is 0.0608. The Kier molecular flexibility index (Phi) is 8.62. The Balaban J connectivity index is 1.37. The van der Waals surface area contributed by atoms with E-state index in [9.17, 15) is 9.59 Å². The maximum Gasteiger partial charge on any atom is 0.261 e. The summed E-state index contributed by atoms with van der Waals surface area (Å²) in [6, 6.07) is 34.1. The molecule has 0 radical (unpaired) electrons. The molecule has 0 saturated heterocycles. The van der Waals surface area contributed by atoms with Crippen molar-refractivity contribution < 1.29 is 19.1 Å². The monoisotopic (exact) mass is 645 g/mol. The standard InChI is InChI=1S/C38H32BrNO4/c1-43-29-16-12-27(13-17-29)35(28-14-18-30(44-2)19-15-28)24-25-8-10-26(11-9-25)31-20-21-34-36-32(31)6-5-7-33(36)37(41)40(38(34)42)23-4-3-22-39/h5-21,24H,3-4,22-23H2,1-2H3. The molecule has 1 aliphatic rings. The van der Waals surface area contributed by atoms with Crippen molar-refractivity contribution in [3.05, 3.63) is 131 Å². The van der Waals surface area contributed by atoms with Crippen molar-refractivity contribution in [1.82, 2.24) is 4.90 Å². The van der Waals surface area contributed by atoms with Gasteiger partial charge in [-0.05, 0) is 94.1 Å². The zero-order valence-corrected chi connectivity index (χ0v) is 26.3. The second kappa shape index (κ2) is 12.9. The Hall–Kier alpha value is -4.68. The molecule has 6 heteroatoms. The number of unbranched alkanes of at least 4 members (excludes halogenated alkanes) is 1. The topological polar surface area (TPSA) is 55.8 Å². The first-order valence-electron chi connectivity index (χ1n) is 14.6. The molecular formula is C38H32BrNO4. The summed E-state index contributed by atoms with van der Waals surface area (Å²) in [5, 5.41) is 2.49. The number of hydrogen-bond acceptors (Lipinski definition) is 4. The first-order chi connectivity index (χ1) is 21.5. The quantitative estimate of drug-likeness (QED) is 0.0659. The van der Waals surface area contributed by atoms with Gasteiger partial charge < -0.3 is 9.47 Å². The number of nitrogens with zero attached hydrogens (tertiary/aromatic N) is 1. The molecule has 0 N–H and O–H groups in total. The molecule has 5 aromatic rings. The van der Waals surface area contributed by atoms with Crippen LogP contribution in [0.4, 0.5) is 0 Å². The highest BCUT2D eigenvalue weighted by atomic mass is 79.9. The van der Waals surface area contributed by atoms with Crippen molar-refractivity contribution in [2.75, 3.05) is 26.1 Å². The highest BCUT2D eigenvalue weighted by molar-refractivity contribution is 9.09. The molecule has 0 spiro atoms. The average Bonchev–Trinajstić information content (AvgIpc) is 3.08. The Morgan fingerprint density at radius 1 is 0.682 bits per heavy atom. The smallest absolute Gasteiger partial charge is 0.261 e. The zero-order chi connectivity index (χ0) is 30.6. The third-order valence-corrected chi connectivity index (χ3v) is 8.65. The number of hydrogen-bond donors (Lipinski definition) is 0. The van der Waals surface area contributed by atoms with Crippen molar-refractivity contribution in [1.29, 1.82) is 0 Å². The van der Waals surface area contributed by atoms with Gasteiger partial charge in [0.1, 0.15) is 11.5 Å². The van der Waals surface area contributed by atoms with Crippen LogP contribution < -0.4 is 9.47 Å². The van der Waals surface area contributed by atoms with E-state index in [0.717, 1.165) is 73.8 Å². The van der Waals surface area contributed by atoms with E-state index in [1.807, 2.05) is 54.6 Å². The van der Waals surface area contributed by atoms with Gasteiger partial charge in [0.15, 0.2) is 0 Å². The van der Waals surface area contributed by atoms with Gasteiger partial charge in [-0.25, -0.2) is 0 Å². The van der Waals surface area contributed by atoms with Crippen molar-refractivity contribution in [2.24, 2.45) is 0 Å². The molecule has 6 rings (SSSR count). The maximum absolute atomic E-state index is 13.4. The van der Waals surface area contributed by atoms with E-state index in [4.69, 9.17) is 9.47 Å². The van der Waals surface area contributed by atoms with Crippen molar-refractivity contribution in [3.8, 4) is 22.6 Å². The molecule has 220 valence electrons. The fourth-order valence-electron chi connectivity index (χ4n) is 5.77. The van der Waals surface area contributed by atoms with E-state index in [1.54, 1.807) is 14.2 Å². The molecule has 0 bridgehead atoms. The van der Waals surface area contributed by atoms with E-state index < -0.39 is 0 Å². The minimum Gasteiger partial charge on any atom is -0.497 e. The van der Waals surface area contributed by atoms with Crippen molar-refractivity contribution in [2.45, 2.75) is 12.8 Å². The number of carbonyl (C=O) groups is 2. The lowest BCUT2D eigenvalue weighted by Gasteiger charge is -2.27. The second-order valence-electron chi connectivity index (χ2n) is 10.7. The van der Waals surface area contributed by atoms with Gasteiger partial charge in [-0.2, -0.15) is 0 Å². The highest BCUT2D eigenvalue weighted by Crippen LogP contribution is 2.37. The Bertz CT molecular complexity index is 1790. The van der Waals surface area contributed by atoms with Gasteiger partial charge in [0.05, 0.1) is 14.2 Å². The molecule has 1 heterocycles. The van der Waals surface area contributed by atoms with Crippen LogP contribution in [0.15, 0.2) is 103 Å². The van der Waals surface area contributed by atoms with Crippen LogP contribution in [0.2, 0.25) is 0 Å². The molecular weight excluding hydrogens is 614 g/mol. The summed E-state index contributed by atoms with van der Waals surface area (Å²) in [4.78, 5) is 28.2. The number of amides is 2. The predicted octanol–water partition coefficient (Wildman–Crippen LogP) is 8.88. The Labute approximate surface area is 265 Å². The summed E-state index contributed by atoms with van der Waals surface area (Å²) < 4.78 is 10.7. The number of methoxy groups -OCH3 is 2. The second-order valence-corrected chi connectivity index (χ2v) is 11.5. The molecule has 0 atom stereocenters. The third kappa shape index (κ3) is 5.65. The number of halogens is 1.